The Morgan fingerprint density at radius 3 is 2.59 bits per heavy atom. The molecule has 29 heavy (non-hydrogen) atoms. The van der Waals surface area contributed by atoms with Crippen LogP contribution >= 0.6 is 11.6 Å². The monoisotopic (exact) mass is 418 g/mol. The van der Waals surface area contributed by atoms with Crippen LogP contribution in [0.1, 0.15) is 28.4 Å². The Kier molecular flexibility index (Phi) is 8.93. The van der Waals surface area contributed by atoms with Gasteiger partial charge in [0.2, 0.25) is 0 Å². The standard InChI is InChI=1S/C22H28ClFN4O/c1-4-25-22(27-14-12-18-19(23)9-6-10-20(18)24)26-13-11-16-7-5-8-17(15-16)21(29)28(2)3/h5-10,15H,4,11-14H2,1-3H3,(H2,25,26,27). The summed E-state index contributed by atoms with van der Waals surface area (Å²) in [5.74, 6) is 0.347. The number of carbonyl (C=O) groups excluding carboxylic acids is 1. The number of guanidine groups is 1. The maximum absolute atomic E-state index is 13.9. The highest BCUT2D eigenvalue weighted by molar-refractivity contribution is 6.31. The van der Waals surface area contributed by atoms with E-state index in [-0.39, 0.29) is 11.7 Å². The van der Waals surface area contributed by atoms with Crippen molar-refractivity contribution in [1.29, 1.82) is 0 Å². The molecule has 0 spiro atoms. The van der Waals surface area contributed by atoms with Gasteiger partial charge in [0.15, 0.2) is 5.96 Å². The maximum Gasteiger partial charge on any atom is 0.253 e. The molecule has 5 nitrogen and oxygen atoms in total. The van der Waals surface area contributed by atoms with Gasteiger partial charge in [0.05, 0.1) is 0 Å². The Labute approximate surface area is 177 Å². The molecule has 2 aromatic carbocycles. The summed E-state index contributed by atoms with van der Waals surface area (Å²) < 4.78 is 13.9. The largest absolute Gasteiger partial charge is 0.357 e. The van der Waals surface area contributed by atoms with Gasteiger partial charge in [0.1, 0.15) is 5.82 Å². The third-order valence-corrected chi connectivity index (χ3v) is 4.68. The number of rotatable bonds is 8. The number of aliphatic imine (C=N–C) groups is 1. The smallest absolute Gasteiger partial charge is 0.253 e. The molecule has 0 atom stereocenters. The van der Waals surface area contributed by atoms with Crippen molar-refractivity contribution in [2.24, 2.45) is 4.99 Å². The van der Waals surface area contributed by atoms with Crippen LogP contribution in [0.3, 0.4) is 0 Å². The number of nitrogens with zero attached hydrogens (tertiary/aromatic N) is 2. The first kappa shape index (κ1) is 22.7. The molecular formula is C22H28ClFN4O. The lowest BCUT2D eigenvalue weighted by molar-refractivity contribution is 0.0827. The highest BCUT2D eigenvalue weighted by Crippen LogP contribution is 2.19. The minimum atomic E-state index is -0.308. The summed E-state index contributed by atoms with van der Waals surface area (Å²) in [6.45, 7) is 3.79. The fourth-order valence-corrected chi connectivity index (χ4v) is 3.09. The molecule has 0 saturated heterocycles. The van der Waals surface area contributed by atoms with Crippen LogP contribution in [-0.2, 0) is 12.8 Å². The Bertz CT molecular complexity index is 834. The summed E-state index contributed by atoms with van der Waals surface area (Å²) in [7, 11) is 3.48. The van der Waals surface area contributed by atoms with E-state index in [4.69, 9.17) is 11.6 Å². The summed E-state index contributed by atoms with van der Waals surface area (Å²) in [6, 6.07) is 12.3. The molecule has 0 aliphatic heterocycles. The molecule has 2 aromatic rings. The van der Waals surface area contributed by atoms with Crippen LogP contribution in [0.25, 0.3) is 0 Å². The second kappa shape index (κ2) is 11.4. The summed E-state index contributed by atoms with van der Waals surface area (Å²) >= 11 is 6.07. The van der Waals surface area contributed by atoms with Crippen LogP contribution in [0.4, 0.5) is 4.39 Å². The maximum atomic E-state index is 13.9. The van der Waals surface area contributed by atoms with E-state index in [1.165, 1.54) is 6.07 Å². The molecule has 2 N–H and O–H groups in total. The topological polar surface area (TPSA) is 56.7 Å². The fourth-order valence-electron chi connectivity index (χ4n) is 2.84. The molecule has 0 aliphatic rings. The van der Waals surface area contributed by atoms with E-state index in [9.17, 15) is 9.18 Å². The van der Waals surface area contributed by atoms with Crippen molar-refractivity contribution in [1.82, 2.24) is 15.5 Å². The Morgan fingerprint density at radius 1 is 1.14 bits per heavy atom. The van der Waals surface area contributed by atoms with Crippen LogP contribution in [0.5, 0.6) is 0 Å². The van der Waals surface area contributed by atoms with E-state index in [1.54, 1.807) is 31.1 Å². The predicted octanol–water partition coefficient (Wildman–Crippen LogP) is 3.52. The lowest BCUT2D eigenvalue weighted by Crippen LogP contribution is -2.38. The third kappa shape index (κ3) is 7.06. The third-order valence-electron chi connectivity index (χ3n) is 4.32. The van der Waals surface area contributed by atoms with Gasteiger partial charge < -0.3 is 15.5 Å². The summed E-state index contributed by atoms with van der Waals surface area (Å²) in [6.07, 6.45) is 1.18. The van der Waals surface area contributed by atoms with Gasteiger partial charge in [0.25, 0.3) is 5.91 Å². The van der Waals surface area contributed by atoms with Crippen LogP contribution in [0.15, 0.2) is 47.5 Å². The molecule has 0 fully saturated rings. The van der Waals surface area contributed by atoms with Gasteiger partial charge >= 0.3 is 0 Å². The van der Waals surface area contributed by atoms with Crippen molar-refractivity contribution in [3.63, 3.8) is 0 Å². The number of carbonyl (C=O) groups is 1. The Morgan fingerprint density at radius 2 is 1.90 bits per heavy atom. The van der Waals surface area contributed by atoms with Crippen molar-refractivity contribution in [3.05, 3.63) is 70.0 Å². The van der Waals surface area contributed by atoms with Gasteiger partial charge in [-0.2, -0.15) is 0 Å². The van der Waals surface area contributed by atoms with Crippen LogP contribution < -0.4 is 10.6 Å². The highest BCUT2D eigenvalue weighted by Gasteiger charge is 2.09. The van der Waals surface area contributed by atoms with Crippen LogP contribution in [0, 0.1) is 5.82 Å². The van der Waals surface area contributed by atoms with Crippen molar-refractivity contribution in [2.75, 3.05) is 33.7 Å². The normalized spacial score (nSPS) is 11.3. The second-order valence-electron chi connectivity index (χ2n) is 6.79. The zero-order valence-electron chi connectivity index (χ0n) is 17.1. The SMILES string of the molecule is CCNC(=NCCc1c(F)cccc1Cl)NCCc1cccc(C(=O)N(C)C)c1. The summed E-state index contributed by atoms with van der Waals surface area (Å²) in [5, 5.41) is 6.87. The average Bonchev–Trinajstić information content (AvgIpc) is 2.69. The van der Waals surface area contributed by atoms with Gasteiger partial charge in [-0.1, -0.05) is 29.8 Å². The van der Waals surface area contributed by atoms with E-state index in [0.29, 0.717) is 41.6 Å². The molecule has 0 saturated carbocycles. The van der Waals surface area contributed by atoms with Gasteiger partial charge in [0, 0.05) is 49.9 Å². The molecule has 156 valence electrons. The van der Waals surface area contributed by atoms with Gasteiger partial charge in [-0.05, 0) is 49.6 Å². The zero-order valence-corrected chi connectivity index (χ0v) is 17.9. The van der Waals surface area contributed by atoms with Crippen LogP contribution in [0.2, 0.25) is 5.02 Å². The number of amides is 1. The molecule has 0 aliphatic carbocycles. The van der Waals surface area contributed by atoms with Gasteiger partial charge in [-0.15, -0.1) is 0 Å². The number of hydrogen-bond donors (Lipinski definition) is 2. The fraction of sp³-hybridized carbons (Fsp3) is 0.364. The number of halogens is 2. The van der Waals surface area contributed by atoms with Crippen LogP contribution in [-0.4, -0.2) is 50.5 Å². The molecule has 2 rings (SSSR count). The number of benzene rings is 2. The van der Waals surface area contributed by atoms with E-state index in [2.05, 4.69) is 15.6 Å². The molecule has 0 aromatic heterocycles. The second-order valence-corrected chi connectivity index (χ2v) is 7.19. The van der Waals surface area contributed by atoms with E-state index in [1.807, 2.05) is 31.2 Å². The predicted molar refractivity (Wildman–Crippen MR) is 117 cm³/mol. The van der Waals surface area contributed by atoms with E-state index < -0.39 is 0 Å². The van der Waals surface area contributed by atoms with Gasteiger partial charge in [-0.25, -0.2) is 4.39 Å². The first-order valence-electron chi connectivity index (χ1n) is 9.68. The molecule has 0 heterocycles. The highest BCUT2D eigenvalue weighted by atomic mass is 35.5. The number of hydrogen-bond acceptors (Lipinski definition) is 2. The molecule has 0 radical (unpaired) electrons. The van der Waals surface area contributed by atoms with Crippen molar-refractivity contribution < 1.29 is 9.18 Å². The van der Waals surface area contributed by atoms with Crippen molar-refractivity contribution in [3.8, 4) is 0 Å². The number of nitrogens with one attached hydrogen (secondary N) is 2. The first-order valence-corrected chi connectivity index (χ1v) is 10.1. The minimum Gasteiger partial charge on any atom is -0.357 e. The average molecular weight is 419 g/mol. The lowest BCUT2D eigenvalue weighted by atomic mass is 10.1. The molecular weight excluding hydrogens is 391 g/mol. The van der Waals surface area contributed by atoms with Gasteiger partial charge in [-0.3, -0.25) is 9.79 Å². The van der Waals surface area contributed by atoms with E-state index >= 15 is 0 Å². The van der Waals surface area contributed by atoms with Crippen molar-refractivity contribution >= 4 is 23.5 Å². The van der Waals surface area contributed by atoms with Crippen molar-refractivity contribution in [2.45, 2.75) is 19.8 Å². The Balaban J connectivity index is 1.91. The lowest BCUT2D eigenvalue weighted by Gasteiger charge is -2.13. The summed E-state index contributed by atoms with van der Waals surface area (Å²) in [5.41, 5.74) is 2.23. The van der Waals surface area contributed by atoms with E-state index in [0.717, 1.165) is 18.5 Å². The molecule has 1 amide bonds. The quantitative estimate of drug-likeness (QED) is 0.509. The first-order chi connectivity index (χ1) is 13.9. The molecule has 0 unspecified atom stereocenters. The minimum absolute atomic E-state index is 0.0125. The summed E-state index contributed by atoms with van der Waals surface area (Å²) in [4.78, 5) is 18.2. The molecule has 7 heteroatoms. The zero-order chi connectivity index (χ0) is 21.2. The molecule has 0 bridgehead atoms. The Hall–Kier alpha value is -2.60.